The van der Waals surface area contributed by atoms with E-state index >= 15 is 0 Å². The van der Waals surface area contributed by atoms with Crippen LogP contribution in [-0.4, -0.2) is 36.7 Å². The summed E-state index contributed by atoms with van der Waals surface area (Å²) >= 11 is 0. The van der Waals surface area contributed by atoms with Gasteiger partial charge in [-0.2, -0.15) is 0 Å². The van der Waals surface area contributed by atoms with Gasteiger partial charge in [0.2, 0.25) is 6.29 Å². The van der Waals surface area contributed by atoms with Crippen LogP contribution in [0, 0.1) is 0 Å². The average Bonchev–Trinajstić information content (AvgIpc) is 2.36. The van der Waals surface area contributed by atoms with Crippen LogP contribution < -0.4 is 0 Å². The molecule has 0 aliphatic heterocycles. The number of carbonyl (C=O) groups excluding carboxylic acids is 1. The van der Waals surface area contributed by atoms with Gasteiger partial charge in [-0.15, -0.1) is 0 Å². The number of carbonyl (C=O) groups is 1. The summed E-state index contributed by atoms with van der Waals surface area (Å²) < 4.78 is 27.4. The number of esters is 1. The minimum Gasteiger partial charge on any atom is -0.433 e. The second kappa shape index (κ2) is 10.1. The topological polar surface area (TPSA) is 82.1 Å². The van der Waals surface area contributed by atoms with Crippen molar-refractivity contribution in [2.24, 2.45) is 0 Å². The van der Waals surface area contributed by atoms with Crippen molar-refractivity contribution < 1.29 is 28.3 Å². The summed E-state index contributed by atoms with van der Waals surface area (Å²) in [4.78, 5) is 11.2. The van der Waals surface area contributed by atoms with Crippen molar-refractivity contribution >= 4 is 13.6 Å². The van der Waals surface area contributed by atoms with Gasteiger partial charge in [-0.25, -0.2) is 4.79 Å². The molecule has 0 saturated carbocycles. The van der Waals surface area contributed by atoms with Gasteiger partial charge in [0, 0.05) is 18.2 Å². The van der Waals surface area contributed by atoms with E-state index in [0.717, 1.165) is 6.42 Å². The molecule has 118 valence electrons. The van der Waals surface area contributed by atoms with E-state index in [4.69, 9.17) is 9.05 Å². The third-order valence-electron chi connectivity index (χ3n) is 2.23. The quantitative estimate of drug-likeness (QED) is 0.273. The smallest absolute Gasteiger partial charge is 0.335 e. The molecule has 1 N–H and O–H groups in total. The van der Waals surface area contributed by atoms with E-state index < -0.39 is 19.9 Å². The molecule has 0 aliphatic carbocycles. The highest BCUT2D eigenvalue weighted by Crippen LogP contribution is 2.48. The van der Waals surface area contributed by atoms with E-state index in [2.05, 4.69) is 11.3 Å². The first-order valence-electron chi connectivity index (χ1n) is 6.77. The van der Waals surface area contributed by atoms with E-state index in [1.807, 2.05) is 13.8 Å². The van der Waals surface area contributed by atoms with E-state index in [-0.39, 0.29) is 18.6 Å². The highest BCUT2D eigenvalue weighted by molar-refractivity contribution is 7.53. The molecule has 0 heterocycles. The molecule has 2 atom stereocenters. The molecule has 0 amide bonds. The first-order valence-corrected chi connectivity index (χ1v) is 8.50. The second-order valence-electron chi connectivity index (χ2n) is 4.43. The Hall–Kier alpha value is -0.680. The third-order valence-corrected chi connectivity index (χ3v) is 4.38. The summed E-state index contributed by atoms with van der Waals surface area (Å²) in [5, 5.41) is 9.48. The molecular formula is C13H25O6P. The van der Waals surface area contributed by atoms with Crippen LogP contribution in [0.25, 0.3) is 0 Å². The van der Waals surface area contributed by atoms with Crippen LogP contribution in [0.2, 0.25) is 0 Å². The van der Waals surface area contributed by atoms with Crippen molar-refractivity contribution in [2.45, 2.75) is 46.3 Å². The molecule has 0 bridgehead atoms. The standard InChI is InChI=1S/C13H25O6P/c1-5-8-17-20(16,10-6-2)18-9-7-12(14)19-13(15)11(3)4/h12,14H,3,5-10H2,1-2,4H3. The molecule has 0 saturated heterocycles. The van der Waals surface area contributed by atoms with Crippen molar-refractivity contribution in [1.82, 2.24) is 0 Å². The molecular weight excluding hydrogens is 283 g/mol. The maximum atomic E-state index is 12.2. The molecule has 2 unspecified atom stereocenters. The summed E-state index contributed by atoms with van der Waals surface area (Å²) in [6.07, 6.45) is 0.474. The van der Waals surface area contributed by atoms with Crippen molar-refractivity contribution in [2.75, 3.05) is 19.4 Å². The first kappa shape index (κ1) is 19.3. The Morgan fingerprint density at radius 2 is 1.85 bits per heavy atom. The Morgan fingerprint density at radius 1 is 1.25 bits per heavy atom. The molecule has 0 radical (unpaired) electrons. The number of aliphatic hydroxyl groups is 1. The number of hydrogen-bond donors (Lipinski definition) is 1. The summed E-state index contributed by atoms with van der Waals surface area (Å²) in [6.45, 7) is 9.04. The summed E-state index contributed by atoms with van der Waals surface area (Å²) in [5.74, 6) is -0.670. The van der Waals surface area contributed by atoms with Gasteiger partial charge in [0.1, 0.15) is 0 Å². The molecule has 0 aromatic heterocycles. The monoisotopic (exact) mass is 308 g/mol. The molecule has 6 nitrogen and oxygen atoms in total. The van der Waals surface area contributed by atoms with Crippen molar-refractivity contribution in [3.63, 3.8) is 0 Å². The second-order valence-corrected chi connectivity index (χ2v) is 6.62. The van der Waals surface area contributed by atoms with Crippen LogP contribution in [0.1, 0.15) is 40.0 Å². The lowest BCUT2D eigenvalue weighted by Crippen LogP contribution is -2.19. The van der Waals surface area contributed by atoms with Crippen LogP contribution in [0.5, 0.6) is 0 Å². The van der Waals surface area contributed by atoms with Gasteiger partial charge in [0.15, 0.2) is 0 Å². The van der Waals surface area contributed by atoms with Gasteiger partial charge in [-0.1, -0.05) is 20.4 Å². The zero-order valence-corrected chi connectivity index (χ0v) is 13.4. The summed E-state index contributed by atoms with van der Waals surface area (Å²) in [7, 11) is -3.11. The Bertz CT molecular complexity index is 355. The fraction of sp³-hybridized carbons (Fsp3) is 0.769. The van der Waals surface area contributed by atoms with Gasteiger partial charge in [-0.05, 0) is 19.8 Å². The van der Waals surface area contributed by atoms with E-state index in [0.29, 0.717) is 19.2 Å². The fourth-order valence-corrected chi connectivity index (χ4v) is 2.97. The van der Waals surface area contributed by atoms with E-state index in [1.165, 1.54) is 6.92 Å². The van der Waals surface area contributed by atoms with Gasteiger partial charge in [0.25, 0.3) is 0 Å². The van der Waals surface area contributed by atoms with Crippen LogP contribution >= 0.6 is 7.60 Å². The molecule has 0 spiro atoms. The Labute approximate surface area is 120 Å². The van der Waals surface area contributed by atoms with Crippen LogP contribution in [-0.2, 0) is 23.1 Å². The molecule has 7 heteroatoms. The average molecular weight is 308 g/mol. The normalized spacial score (nSPS) is 15.4. The van der Waals surface area contributed by atoms with E-state index in [9.17, 15) is 14.5 Å². The molecule has 0 aliphatic rings. The summed E-state index contributed by atoms with van der Waals surface area (Å²) in [6, 6.07) is 0. The minimum atomic E-state index is -3.11. The van der Waals surface area contributed by atoms with Crippen LogP contribution in [0.3, 0.4) is 0 Å². The van der Waals surface area contributed by atoms with Crippen LogP contribution in [0.15, 0.2) is 12.2 Å². The van der Waals surface area contributed by atoms with Gasteiger partial charge in [-0.3, -0.25) is 4.57 Å². The SMILES string of the molecule is C=C(C)C(=O)OC(O)CCOP(=O)(CCC)OCCC. The number of ether oxygens (including phenoxy) is 1. The van der Waals surface area contributed by atoms with Gasteiger partial charge < -0.3 is 18.9 Å². The van der Waals surface area contributed by atoms with Gasteiger partial charge in [0.05, 0.1) is 13.2 Å². The minimum absolute atomic E-state index is 0.00830. The lowest BCUT2D eigenvalue weighted by Gasteiger charge is -2.19. The van der Waals surface area contributed by atoms with Gasteiger partial charge >= 0.3 is 13.6 Å². The lowest BCUT2D eigenvalue weighted by molar-refractivity contribution is -0.164. The summed E-state index contributed by atoms with van der Waals surface area (Å²) in [5.41, 5.74) is 0.202. The Kier molecular flexibility index (Phi) is 9.76. The predicted octanol–water partition coefficient (Wildman–Crippen LogP) is 2.86. The number of hydrogen-bond acceptors (Lipinski definition) is 6. The maximum Gasteiger partial charge on any atom is 0.335 e. The Balaban J connectivity index is 4.13. The number of aliphatic hydroxyl groups excluding tert-OH is 1. The van der Waals surface area contributed by atoms with E-state index in [1.54, 1.807) is 0 Å². The lowest BCUT2D eigenvalue weighted by atomic mass is 10.3. The Morgan fingerprint density at radius 3 is 2.35 bits per heavy atom. The van der Waals surface area contributed by atoms with Crippen molar-refractivity contribution in [3.8, 4) is 0 Å². The molecule has 20 heavy (non-hydrogen) atoms. The van der Waals surface area contributed by atoms with Crippen molar-refractivity contribution in [1.29, 1.82) is 0 Å². The molecule has 0 fully saturated rings. The molecule has 0 aromatic rings. The number of rotatable bonds is 11. The predicted molar refractivity (Wildman–Crippen MR) is 76.5 cm³/mol. The third kappa shape index (κ3) is 8.48. The first-order chi connectivity index (χ1) is 9.34. The highest BCUT2D eigenvalue weighted by atomic mass is 31.2. The molecule has 0 rings (SSSR count). The largest absolute Gasteiger partial charge is 0.433 e. The van der Waals surface area contributed by atoms with Crippen molar-refractivity contribution in [3.05, 3.63) is 12.2 Å². The van der Waals surface area contributed by atoms with Crippen LogP contribution in [0.4, 0.5) is 0 Å². The maximum absolute atomic E-state index is 12.2. The molecule has 0 aromatic carbocycles. The zero-order valence-electron chi connectivity index (χ0n) is 12.5. The highest BCUT2D eigenvalue weighted by Gasteiger charge is 2.23. The fourth-order valence-electron chi connectivity index (χ4n) is 1.25. The zero-order chi connectivity index (χ0) is 15.6.